The molecule has 2 aliphatic rings. The van der Waals surface area contributed by atoms with Crippen molar-refractivity contribution in [3.8, 4) is 0 Å². The highest BCUT2D eigenvalue weighted by Crippen LogP contribution is 2.37. The first-order valence-corrected chi connectivity index (χ1v) is 6.77. The van der Waals surface area contributed by atoms with E-state index in [9.17, 15) is 9.59 Å². The van der Waals surface area contributed by atoms with Crippen LogP contribution < -0.4 is 5.32 Å². The number of aliphatic carboxylic acids is 1. The van der Waals surface area contributed by atoms with E-state index in [0.29, 0.717) is 17.7 Å². The van der Waals surface area contributed by atoms with Gasteiger partial charge in [-0.3, -0.25) is 4.79 Å². The summed E-state index contributed by atoms with van der Waals surface area (Å²) in [6.45, 7) is 0.894. The summed E-state index contributed by atoms with van der Waals surface area (Å²) in [5.74, 6) is -0.305. The molecule has 0 radical (unpaired) electrons. The van der Waals surface area contributed by atoms with Crippen LogP contribution in [0.5, 0.6) is 0 Å². The van der Waals surface area contributed by atoms with Crippen molar-refractivity contribution in [2.45, 2.75) is 38.4 Å². The molecule has 1 aliphatic carbocycles. The summed E-state index contributed by atoms with van der Waals surface area (Å²) >= 11 is 0. The van der Waals surface area contributed by atoms with E-state index >= 15 is 0 Å². The lowest BCUT2D eigenvalue weighted by molar-refractivity contribution is -0.137. The molecular formula is C12H17N5O3. The average Bonchev–Trinajstić information content (AvgIpc) is 3.11. The Morgan fingerprint density at radius 1 is 1.45 bits per heavy atom. The topological polar surface area (TPSA) is 100 Å². The Hall–Kier alpha value is -2.12. The number of aromatic nitrogens is 3. The molecule has 2 heterocycles. The smallest absolute Gasteiger partial charge is 0.325 e. The zero-order valence-electron chi connectivity index (χ0n) is 11.0. The van der Waals surface area contributed by atoms with E-state index in [1.54, 1.807) is 0 Å². The molecule has 2 fully saturated rings. The second kappa shape index (κ2) is 5.10. The van der Waals surface area contributed by atoms with Gasteiger partial charge in [-0.05, 0) is 25.2 Å². The number of piperidine rings is 1. The predicted octanol–water partition coefficient (Wildman–Crippen LogP) is 0.0566. The number of hydrogen-bond acceptors (Lipinski definition) is 4. The third-order valence-electron chi connectivity index (χ3n) is 3.97. The van der Waals surface area contributed by atoms with E-state index in [2.05, 4.69) is 15.6 Å². The van der Waals surface area contributed by atoms with Crippen molar-refractivity contribution in [3.05, 3.63) is 11.9 Å². The van der Waals surface area contributed by atoms with Crippen LogP contribution in [0, 0.1) is 5.92 Å². The largest absolute Gasteiger partial charge is 0.480 e. The molecule has 1 aromatic rings. The highest BCUT2D eigenvalue weighted by Gasteiger charge is 2.40. The summed E-state index contributed by atoms with van der Waals surface area (Å²) in [5, 5.41) is 19.0. The normalized spacial score (nSPS) is 24.1. The fourth-order valence-electron chi connectivity index (χ4n) is 3.08. The number of carbonyl (C=O) groups is 2. The second-order valence-corrected chi connectivity index (χ2v) is 5.45. The predicted molar refractivity (Wildman–Crippen MR) is 67.7 cm³/mol. The number of likely N-dealkylation sites (tertiary alicyclic amines) is 1. The van der Waals surface area contributed by atoms with E-state index in [0.717, 1.165) is 19.4 Å². The van der Waals surface area contributed by atoms with E-state index < -0.39 is 5.97 Å². The monoisotopic (exact) mass is 279 g/mol. The van der Waals surface area contributed by atoms with Gasteiger partial charge in [-0.1, -0.05) is 5.21 Å². The molecule has 2 bridgehead atoms. The number of nitrogens with zero attached hydrogens (tertiary/aromatic N) is 4. The van der Waals surface area contributed by atoms with Crippen molar-refractivity contribution in [2.24, 2.45) is 5.92 Å². The Labute approximate surface area is 115 Å². The van der Waals surface area contributed by atoms with Crippen molar-refractivity contribution in [1.82, 2.24) is 25.2 Å². The molecule has 108 valence electrons. The Balaban J connectivity index is 1.50. The van der Waals surface area contributed by atoms with Gasteiger partial charge in [-0.25, -0.2) is 9.48 Å². The number of urea groups is 1. The summed E-state index contributed by atoms with van der Waals surface area (Å²) in [4.78, 5) is 24.5. The van der Waals surface area contributed by atoms with Gasteiger partial charge in [0.25, 0.3) is 0 Å². The minimum atomic E-state index is -0.974. The maximum absolute atomic E-state index is 12.1. The minimum Gasteiger partial charge on any atom is -0.480 e. The molecule has 0 spiro atoms. The molecular weight excluding hydrogens is 262 g/mol. The van der Waals surface area contributed by atoms with Crippen molar-refractivity contribution in [2.75, 3.05) is 6.54 Å². The maximum Gasteiger partial charge on any atom is 0.325 e. The molecule has 2 atom stereocenters. The Bertz CT molecular complexity index is 529. The van der Waals surface area contributed by atoms with Gasteiger partial charge < -0.3 is 15.3 Å². The summed E-state index contributed by atoms with van der Waals surface area (Å²) < 4.78 is 1.24. The quantitative estimate of drug-likeness (QED) is 0.811. The average molecular weight is 279 g/mol. The van der Waals surface area contributed by atoms with Crippen molar-refractivity contribution in [1.29, 1.82) is 0 Å². The summed E-state index contributed by atoms with van der Waals surface area (Å²) in [5.41, 5.74) is 0.559. The molecule has 1 saturated heterocycles. The molecule has 8 nitrogen and oxygen atoms in total. The van der Waals surface area contributed by atoms with Crippen LogP contribution >= 0.6 is 0 Å². The standard InChI is InChI=1S/C12H17N5O3/c18-11(19)7-16-6-9(14-15-16)4-13-12(20)17-5-8-1-2-10(17)3-8/h6,8,10H,1-5,7H2,(H,13,20)(H,18,19). The number of fused-ring (bicyclic) bond motifs is 2. The fraction of sp³-hybridized carbons (Fsp3) is 0.667. The van der Waals surface area contributed by atoms with Crippen LogP contribution in [0.4, 0.5) is 4.79 Å². The van der Waals surface area contributed by atoms with Crippen LogP contribution in [0.15, 0.2) is 6.20 Å². The molecule has 3 rings (SSSR count). The first kappa shape index (κ1) is 12.9. The first-order valence-electron chi connectivity index (χ1n) is 6.77. The van der Waals surface area contributed by atoms with Crippen LogP contribution in [0.3, 0.4) is 0 Å². The number of nitrogens with one attached hydrogen (secondary N) is 1. The van der Waals surface area contributed by atoms with Crippen LogP contribution in [-0.4, -0.2) is 49.6 Å². The number of carboxylic acid groups (broad SMARTS) is 1. The zero-order valence-corrected chi connectivity index (χ0v) is 11.0. The minimum absolute atomic E-state index is 0.0648. The van der Waals surface area contributed by atoms with E-state index in [-0.39, 0.29) is 19.1 Å². The third kappa shape index (κ3) is 2.59. The first-order chi connectivity index (χ1) is 9.61. The van der Waals surface area contributed by atoms with Crippen molar-refractivity contribution >= 4 is 12.0 Å². The number of amides is 2. The van der Waals surface area contributed by atoms with E-state index in [4.69, 9.17) is 5.11 Å². The van der Waals surface area contributed by atoms with Crippen LogP contribution in [0.1, 0.15) is 25.0 Å². The van der Waals surface area contributed by atoms with Gasteiger partial charge in [0.2, 0.25) is 0 Å². The van der Waals surface area contributed by atoms with E-state index in [1.165, 1.54) is 17.3 Å². The highest BCUT2D eigenvalue weighted by molar-refractivity contribution is 5.75. The molecule has 2 N–H and O–H groups in total. The Morgan fingerprint density at radius 3 is 2.95 bits per heavy atom. The molecule has 0 aromatic carbocycles. The van der Waals surface area contributed by atoms with Gasteiger partial charge in [0.1, 0.15) is 12.2 Å². The lowest BCUT2D eigenvalue weighted by atomic mass is 10.1. The highest BCUT2D eigenvalue weighted by atomic mass is 16.4. The SMILES string of the molecule is O=C(O)Cn1cc(CNC(=O)N2CC3CCC2C3)nn1. The van der Waals surface area contributed by atoms with Crippen molar-refractivity contribution in [3.63, 3.8) is 0 Å². The molecule has 8 heteroatoms. The summed E-state index contributed by atoms with van der Waals surface area (Å²) in [6.07, 6.45) is 5.00. The fourth-order valence-corrected chi connectivity index (χ4v) is 3.08. The number of hydrogen-bond donors (Lipinski definition) is 2. The molecule has 1 aliphatic heterocycles. The molecule has 2 amide bonds. The number of carbonyl (C=O) groups excluding carboxylic acids is 1. The summed E-state index contributed by atoms with van der Waals surface area (Å²) in [6, 6.07) is 0.327. The summed E-state index contributed by atoms with van der Waals surface area (Å²) in [7, 11) is 0. The van der Waals surface area contributed by atoms with Gasteiger partial charge in [-0.2, -0.15) is 0 Å². The number of rotatable bonds is 4. The third-order valence-corrected chi connectivity index (χ3v) is 3.97. The Kier molecular flexibility index (Phi) is 3.29. The van der Waals surface area contributed by atoms with Crippen molar-refractivity contribution < 1.29 is 14.7 Å². The molecule has 1 aromatic heterocycles. The number of carboxylic acids is 1. The zero-order chi connectivity index (χ0) is 14.1. The van der Waals surface area contributed by atoms with Crippen LogP contribution in [0.2, 0.25) is 0 Å². The van der Waals surface area contributed by atoms with Crippen LogP contribution in [-0.2, 0) is 17.9 Å². The Morgan fingerprint density at radius 2 is 2.30 bits per heavy atom. The van der Waals surface area contributed by atoms with Gasteiger partial charge in [-0.15, -0.1) is 5.10 Å². The van der Waals surface area contributed by atoms with E-state index in [1.807, 2.05) is 4.90 Å². The molecule has 20 heavy (non-hydrogen) atoms. The van der Waals surface area contributed by atoms with Gasteiger partial charge in [0.05, 0.1) is 12.7 Å². The maximum atomic E-state index is 12.1. The molecule has 2 unspecified atom stereocenters. The van der Waals surface area contributed by atoms with Gasteiger partial charge >= 0.3 is 12.0 Å². The molecule has 1 saturated carbocycles. The van der Waals surface area contributed by atoms with Gasteiger partial charge in [0, 0.05) is 12.6 Å². The lowest BCUT2D eigenvalue weighted by Gasteiger charge is -2.26. The van der Waals surface area contributed by atoms with Crippen LogP contribution in [0.25, 0.3) is 0 Å². The van der Waals surface area contributed by atoms with Gasteiger partial charge in [0.15, 0.2) is 0 Å². The second-order valence-electron chi connectivity index (χ2n) is 5.45. The lowest BCUT2D eigenvalue weighted by Crippen LogP contribution is -2.44.